The van der Waals surface area contributed by atoms with Gasteiger partial charge >= 0.3 is 6.18 Å². The molecule has 1 aromatic carbocycles. The molecule has 0 saturated carbocycles. The van der Waals surface area contributed by atoms with Crippen LogP contribution in [0.5, 0.6) is 0 Å². The Morgan fingerprint density at radius 2 is 1.88 bits per heavy atom. The number of hydrogen-bond acceptors (Lipinski definition) is 3. The summed E-state index contributed by atoms with van der Waals surface area (Å²) in [6.45, 7) is 1.30. The van der Waals surface area contributed by atoms with Crippen LogP contribution in [-0.2, 0) is 6.18 Å². The van der Waals surface area contributed by atoms with Gasteiger partial charge in [-0.05, 0) is 32.3 Å². The molecule has 0 aromatic heterocycles. The molecule has 96 valence electrons. The maximum Gasteiger partial charge on any atom is 0.416 e. The van der Waals surface area contributed by atoms with Gasteiger partial charge in [-0.25, -0.2) is 0 Å². The third-order valence-corrected chi connectivity index (χ3v) is 2.17. The average molecular weight is 247 g/mol. The number of nitrogens with zero attached hydrogens (tertiary/aromatic N) is 1. The minimum atomic E-state index is -4.37. The molecule has 17 heavy (non-hydrogen) atoms. The number of nitrogen functional groups attached to an aromatic ring is 1. The van der Waals surface area contributed by atoms with Crippen molar-refractivity contribution >= 4 is 11.4 Å². The van der Waals surface area contributed by atoms with Crippen molar-refractivity contribution in [3.05, 3.63) is 23.8 Å². The minimum Gasteiger partial charge on any atom is -0.399 e. The third kappa shape index (κ3) is 4.52. The molecular formula is C11H16F3N3. The molecule has 0 atom stereocenters. The van der Waals surface area contributed by atoms with Crippen molar-refractivity contribution in [2.75, 3.05) is 38.2 Å². The number of benzene rings is 1. The molecule has 6 heteroatoms. The average Bonchev–Trinajstić information content (AvgIpc) is 2.14. The second kappa shape index (κ2) is 5.27. The van der Waals surface area contributed by atoms with Crippen LogP contribution >= 0.6 is 0 Å². The number of nitrogens with two attached hydrogens (primary N) is 1. The van der Waals surface area contributed by atoms with E-state index in [1.165, 1.54) is 6.07 Å². The Morgan fingerprint density at radius 3 is 2.41 bits per heavy atom. The first-order chi connectivity index (χ1) is 7.79. The quantitative estimate of drug-likeness (QED) is 0.802. The lowest BCUT2D eigenvalue weighted by Crippen LogP contribution is -2.21. The summed E-state index contributed by atoms with van der Waals surface area (Å²) in [5.74, 6) is 0. The molecule has 0 saturated heterocycles. The molecule has 3 nitrogen and oxygen atoms in total. The van der Waals surface area contributed by atoms with Crippen LogP contribution in [0.4, 0.5) is 24.5 Å². The predicted molar refractivity (Wildman–Crippen MR) is 62.9 cm³/mol. The molecule has 1 rings (SSSR count). The molecule has 0 amide bonds. The van der Waals surface area contributed by atoms with Gasteiger partial charge in [-0.3, -0.25) is 0 Å². The van der Waals surface area contributed by atoms with E-state index in [0.717, 1.165) is 18.7 Å². The summed E-state index contributed by atoms with van der Waals surface area (Å²) in [7, 11) is 3.78. The topological polar surface area (TPSA) is 41.3 Å². The van der Waals surface area contributed by atoms with Crippen LogP contribution in [-0.4, -0.2) is 32.1 Å². The maximum absolute atomic E-state index is 12.5. The van der Waals surface area contributed by atoms with E-state index in [2.05, 4.69) is 5.32 Å². The van der Waals surface area contributed by atoms with Crippen LogP contribution in [0.3, 0.4) is 0 Å². The van der Waals surface area contributed by atoms with Gasteiger partial charge in [-0.2, -0.15) is 13.2 Å². The van der Waals surface area contributed by atoms with Crippen LogP contribution in [0.15, 0.2) is 18.2 Å². The Kier molecular flexibility index (Phi) is 4.22. The fraction of sp³-hybridized carbons (Fsp3) is 0.455. The molecule has 0 radical (unpaired) electrons. The molecule has 0 unspecified atom stereocenters. The van der Waals surface area contributed by atoms with E-state index in [0.29, 0.717) is 12.2 Å². The van der Waals surface area contributed by atoms with Gasteiger partial charge in [-0.1, -0.05) is 0 Å². The van der Waals surface area contributed by atoms with Crippen molar-refractivity contribution in [3.8, 4) is 0 Å². The van der Waals surface area contributed by atoms with Gasteiger partial charge in [0.15, 0.2) is 0 Å². The summed E-state index contributed by atoms with van der Waals surface area (Å²) >= 11 is 0. The fourth-order valence-electron chi connectivity index (χ4n) is 1.34. The van der Waals surface area contributed by atoms with Gasteiger partial charge in [0.1, 0.15) is 0 Å². The maximum atomic E-state index is 12.5. The normalized spacial score (nSPS) is 11.9. The number of alkyl halides is 3. The van der Waals surface area contributed by atoms with Crippen LogP contribution in [0.25, 0.3) is 0 Å². The summed E-state index contributed by atoms with van der Waals surface area (Å²) in [6.07, 6.45) is -4.37. The standard InChI is InChI=1S/C11H16F3N3/c1-17(2)4-3-16-10-6-8(11(12,13)14)5-9(15)7-10/h5-7,16H,3-4,15H2,1-2H3. The Morgan fingerprint density at radius 1 is 1.24 bits per heavy atom. The highest BCUT2D eigenvalue weighted by atomic mass is 19.4. The summed E-state index contributed by atoms with van der Waals surface area (Å²) in [4.78, 5) is 1.93. The summed E-state index contributed by atoms with van der Waals surface area (Å²) in [6, 6.07) is 3.48. The van der Waals surface area contributed by atoms with E-state index < -0.39 is 11.7 Å². The fourth-order valence-corrected chi connectivity index (χ4v) is 1.34. The first-order valence-corrected chi connectivity index (χ1v) is 5.15. The molecule has 0 heterocycles. The second-order valence-electron chi connectivity index (χ2n) is 4.07. The molecular weight excluding hydrogens is 231 g/mol. The van der Waals surface area contributed by atoms with Crippen LogP contribution in [0.1, 0.15) is 5.56 Å². The van der Waals surface area contributed by atoms with E-state index >= 15 is 0 Å². The molecule has 3 N–H and O–H groups in total. The third-order valence-electron chi connectivity index (χ3n) is 2.17. The lowest BCUT2D eigenvalue weighted by Gasteiger charge is -2.14. The van der Waals surface area contributed by atoms with Crippen molar-refractivity contribution < 1.29 is 13.2 Å². The van der Waals surface area contributed by atoms with E-state index in [9.17, 15) is 13.2 Å². The predicted octanol–water partition coefficient (Wildman–Crippen LogP) is 2.26. The molecule has 0 spiro atoms. The van der Waals surface area contributed by atoms with Crippen LogP contribution in [0, 0.1) is 0 Å². The second-order valence-corrected chi connectivity index (χ2v) is 4.07. The smallest absolute Gasteiger partial charge is 0.399 e. The van der Waals surface area contributed by atoms with Crippen molar-refractivity contribution in [2.24, 2.45) is 0 Å². The summed E-state index contributed by atoms with van der Waals surface area (Å²) < 4.78 is 37.5. The monoisotopic (exact) mass is 247 g/mol. The van der Waals surface area contributed by atoms with Crippen molar-refractivity contribution in [1.29, 1.82) is 0 Å². The van der Waals surface area contributed by atoms with Crippen LogP contribution in [0.2, 0.25) is 0 Å². The summed E-state index contributed by atoms with van der Waals surface area (Å²) in [5.41, 5.74) is 5.20. The molecule has 0 bridgehead atoms. The van der Waals surface area contributed by atoms with Gasteiger partial charge in [0.25, 0.3) is 0 Å². The van der Waals surface area contributed by atoms with E-state index in [-0.39, 0.29) is 5.69 Å². The summed E-state index contributed by atoms with van der Waals surface area (Å²) in [5, 5.41) is 2.91. The zero-order valence-corrected chi connectivity index (χ0v) is 9.80. The molecule has 1 aromatic rings. The number of hydrogen-bond donors (Lipinski definition) is 2. The van der Waals surface area contributed by atoms with Gasteiger partial charge < -0.3 is 16.0 Å². The zero-order chi connectivity index (χ0) is 13.1. The van der Waals surface area contributed by atoms with Gasteiger partial charge in [-0.15, -0.1) is 0 Å². The number of anilines is 2. The van der Waals surface area contributed by atoms with Crippen LogP contribution < -0.4 is 11.1 Å². The van der Waals surface area contributed by atoms with E-state index in [1.54, 1.807) is 0 Å². The lowest BCUT2D eigenvalue weighted by molar-refractivity contribution is -0.137. The zero-order valence-electron chi connectivity index (χ0n) is 9.80. The first kappa shape index (κ1) is 13.6. The SMILES string of the molecule is CN(C)CCNc1cc(N)cc(C(F)(F)F)c1. The Bertz CT molecular complexity index is 375. The van der Waals surface area contributed by atoms with Gasteiger partial charge in [0.05, 0.1) is 5.56 Å². The first-order valence-electron chi connectivity index (χ1n) is 5.15. The van der Waals surface area contributed by atoms with E-state index in [1.807, 2.05) is 19.0 Å². The number of rotatable bonds is 4. The number of halogens is 3. The Hall–Kier alpha value is -1.43. The number of likely N-dealkylation sites (N-methyl/N-ethyl adjacent to an activating group) is 1. The van der Waals surface area contributed by atoms with Gasteiger partial charge in [0.2, 0.25) is 0 Å². The Balaban J connectivity index is 2.76. The van der Waals surface area contributed by atoms with Gasteiger partial charge in [0, 0.05) is 24.5 Å². The van der Waals surface area contributed by atoms with E-state index in [4.69, 9.17) is 5.73 Å². The molecule has 0 aliphatic carbocycles. The van der Waals surface area contributed by atoms with Crippen molar-refractivity contribution in [1.82, 2.24) is 4.90 Å². The highest BCUT2D eigenvalue weighted by Crippen LogP contribution is 2.32. The lowest BCUT2D eigenvalue weighted by atomic mass is 10.1. The highest BCUT2D eigenvalue weighted by Gasteiger charge is 2.31. The van der Waals surface area contributed by atoms with Crippen molar-refractivity contribution in [3.63, 3.8) is 0 Å². The molecule has 0 fully saturated rings. The molecule has 0 aliphatic rings. The van der Waals surface area contributed by atoms with Crippen molar-refractivity contribution in [2.45, 2.75) is 6.18 Å². The minimum absolute atomic E-state index is 0.104. The molecule has 0 aliphatic heterocycles. The number of nitrogens with one attached hydrogen (secondary N) is 1. The largest absolute Gasteiger partial charge is 0.416 e. The Labute approximate surface area is 98.4 Å². The highest BCUT2D eigenvalue weighted by molar-refractivity contribution is 5.57.